The van der Waals surface area contributed by atoms with Crippen LogP contribution in [0.15, 0.2) is 0 Å². The maximum absolute atomic E-state index is 10.6. The van der Waals surface area contributed by atoms with Crippen molar-refractivity contribution in [3.05, 3.63) is 0 Å². The van der Waals surface area contributed by atoms with Gasteiger partial charge >= 0.3 is 5.97 Å². The predicted octanol–water partition coefficient (Wildman–Crippen LogP) is 1.12. The van der Waals surface area contributed by atoms with E-state index in [1.54, 1.807) is 0 Å². The number of esters is 1. The lowest BCUT2D eigenvalue weighted by Gasteiger charge is -2.28. The number of hydrogen-bond donors (Lipinski definition) is 0. The number of ether oxygens (including phenoxy) is 2. The average molecular weight is 158 g/mol. The van der Waals surface area contributed by atoms with Crippen molar-refractivity contribution in [2.75, 3.05) is 6.61 Å². The zero-order chi connectivity index (χ0) is 8.27. The molecular formula is C8H14O3. The Kier molecular flexibility index (Phi) is 2.88. The quantitative estimate of drug-likeness (QED) is 0.536. The molecule has 2 atom stereocenters. The highest BCUT2D eigenvalue weighted by atomic mass is 16.6. The third-order valence-corrected chi connectivity index (χ3v) is 1.85. The zero-order valence-corrected chi connectivity index (χ0v) is 7.00. The smallest absolute Gasteiger partial charge is 0.302 e. The van der Waals surface area contributed by atoms with E-state index in [0.717, 1.165) is 19.4 Å². The van der Waals surface area contributed by atoms with Gasteiger partial charge in [-0.15, -0.1) is 0 Å². The first-order chi connectivity index (χ1) is 5.20. The molecule has 0 aromatic heterocycles. The van der Waals surface area contributed by atoms with Gasteiger partial charge in [-0.2, -0.15) is 0 Å². The first kappa shape index (κ1) is 8.53. The summed E-state index contributed by atoms with van der Waals surface area (Å²) < 4.78 is 10.4. The molecule has 1 fully saturated rings. The van der Waals surface area contributed by atoms with Gasteiger partial charge in [0.15, 0.2) is 0 Å². The molecule has 11 heavy (non-hydrogen) atoms. The second-order valence-corrected chi connectivity index (χ2v) is 2.87. The van der Waals surface area contributed by atoms with Gasteiger partial charge in [-0.25, -0.2) is 0 Å². The molecule has 64 valence electrons. The number of carbonyl (C=O) groups excluding carboxylic acids is 1. The molecule has 0 aromatic rings. The zero-order valence-electron chi connectivity index (χ0n) is 7.00. The van der Waals surface area contributed by atoms with E-state index in [4.69, 9.17) is 9.47 Å². The molecule has 0 aromatic carbocycles. The van der Waals surface area contributed by atoms with Crippen LogP contribution in [0.3, 0.4) is 0 Å². The van der Waals surface area contributed by atoms with Crippen molar-refractivity contribution >= 4 is 5.97 Å². The van der Waals surface area contributed by atoms with E-state index in [1.165, 1.54) is 6.92 Å². The van der Waals surface area contributed by atoms with Gasteiger partial charge in [0.05, 0.1) is 6.10 Å². The molecule has 1 rings (SSSR count). The molecule has 3 heteroatoms. The first-order valence-corrected chi connectivity index (χ1v) is 3.99. The van der Waals surface area contributed by atoms with E-state index < -0.39 is 0 Å². The van der Waals surface area contributed by atoms with Gasteiger partial charge in [0.1, 0.15) is 6.10 Å². The third kappa shape index (κ3) is 2.50. The van der Waals surface area contributed by atoms with Gasteiger partial charge in [-0.05, 0) is 19.8 Å². The average Bonchev–Trinajstić information content (AvgIpc) is 1.93. The summed E-state index contributed by atoms with van der Waals surface area (Å²) in [5.41, 5.74) is 0. The molecule has 0 aliphatic carbocycles. The van der Waals surface area contributed by atoms with Crippen LogP contribution < -0.4 is 0 Å². The topological polar surface area (TPSA) is 35.5 Å². The van der Waals surface area contributed by atoms with Crippen LogP contribution in [-0.2, 0) is 14.3 Å². The molecule has 1 aliphatic heterocycles. The highest BCUT2D eigenvalue weighted by Crippen LogP contribution is 2.16. The molecule has 0 spiro atoms. The predicted molar refractivity (Wildman–Crippen MR) is 40.2 cm³/mol. The van der Waals surface area contributed by atoms with Crippen LogP contribution in [0.4, 0.5) is 0 Å². The van der Waals surface area contributed by atoms with Crippen molar-refractivity contribution < 1.29 is 14.3 Å². The van der Waals surface area contributed by atoms with Gasteiger partial charge in [0, 0.05) is 13.5 Å². The second-order valence-electron chi connectivity index (χ2n) is 2.87. The van der Waals surface area contributed by atoms with Crippen LogP contribution in [0.25, 0.3) is 0 Å². The Morgan fingerprint density at radius 1 is 1.64 bits per heavy atom. The van der Waals surface area contributed by atoms with E-state index in [0.29, 0.717) is 0 Å². The fourth-order valence-electron chi connectivity index (χ4n) is 1.26. The Hall–Kier alpha value is -0.570. The normalized spacial score (nSPS) is 31.5. The molecule has 1 aliphatic rings. The Morgan fingerprint density at radius 2 is 2.36 bits per heavy atom. The highest BCUT2D eigenvalue weighted by Gasteiger charge is 2.23. The number of rotatable bonds is 1. The van der Waals surface area contributed by atoms with Gasteiger partial charge in [0.25, 0.3) is 0 Å². The molecule has 0 radical (unpaired) electrons. The minimum Gasteiger partial charge on any atom is -0.460 e. The lowest BCUT2D eigenvalue weighted by molar-refractivity contribution is -0.159. The van der Waals surface area contributed by atoms with E-state index in [-0.39, 0.29) is 18.2 Å². The van der Waals surface area contributed by atoms with Crippen LogP contribution in [0, 0.1) is 0 Å². The lowest BCUT2D eigenvalue weighted by Crippen LogP contribution is -2.34. The van der Waals surface area contributed by atoms with Crippen molar-refractivity contribution in [3.8, 4) is 0 Å². The van der Waals surface area contributed by atoms with Crippen LogP contribution in [0.5, 0.6) is 0 Å². The Morgan fingerprint density at radius 3 is 2.91 bits per heavy atom. The molecule has 3 nitrogen and oxygen atoms in total. The van der Waals surface area contributed by atoms with Crippen molar-refractivity contribution in [2.45, 2.75) is 38.9 Å². The van der Waals surface area contributed by atoms with E-state index in [9.17, 15) is 4.79 Å². The van der Waals surface area contributed by atoms with Gasteiger partial charge < -0.3 is 9.47 Å². The third-order valence-electron chi connectivity index (χ3n) is 1.85. The van der Waals surface area contributed by atoms with Crippen LogP contribution in [0.1, 0.15) is 26.7 Å². The fraction of sp³-hybridized carbons (Fsp3) is 0.875. The van der Waals surface area contributed by atoms with Crippen molar-refractivity contribution in [2.24, 2.45) is 0 Å². The molecule has 0 amide bonds. The van der Waals surface area contributed by atoms with E-state index in [2.05, 4.69) is 0 Å². The standard InChI is InChI=1S/C8H14O3/c1-6-8(11-7(2)9)4-3-5-10-6/h6,8H,3-5H2,1-2H3/t6-,8+/m0/s1. The van der Waals surface area contributed by atoms with Crippen molar-refractivity contribution in [1.82, 2.24) is 0 Å². The molecule has 0 bridgehead atoms. The number of carbonyl (C=O) groups is 1. The molecule has 1 saturated heterocycles. The molecule has 1 heterocycles. The summed E-state index contributed by atoms with van der Waals surface area (Å²) >= 11 is 0. The Labute approximate surface area is 66.7 Å². The Bertz CT molecular complexity index is 144. The second kappa shape index (κ2) is 3.72. The maximum atomic E-state index is 10.6. The summed E-state index contributed by atoms with van der Waals surface area (Å²) in [5, 5.41) is 0. The molecular weight excluding hydrogens is 144 g/mol. The van der Waals surface area contributed by atoms with Gasteiger partial charge in [-0.3, -0.25) is 4.79 Å². The summed E-state index contributed by atoms with van der Waals surface area (Å²) in [6, 6.07) is 0. The maximum Gasteiger partial charge on any atom is 0.302 e. The van der Waals surface area contributed by atoms with Gasteiger partial charge in [-0.1, -0.05) is 0 Å². The number of hydrogen-bond acceptors (Lipinski definition) is 3. The van der Waals surface area contributed by atoms with Gasteiger partial charge in [0.2, 0.25) is 0 Å². The summed E-state index contributed by atoms with van der Waals surface area (Å²) in [7, 11) is 0. The summed E-state index contributed by atoms with van der Waals surface area (Å²) in [4.78, 5) is 10.6. The van der Waals surface area contributed by atoms with Crippen LogP contribution >= 0.6 is 0 Å². The molecule has 0 unspecified atom stereocenters. The highest BCUT2D eigenvalue weighted by molar-refractivity contribution is 5.66. The first-order valence-electron chi connectivity index (χ1n) is 3.99. The summed E-state index contributed by atoms with van der Waals surface area (Å²) in [6.07, 6.45) is 1.96. The van der Waals surface area contributed by atoms with E-state index >= 15 is 0 Å². The van der Waals surface area contributed by atoms with Crippen molar-refractivity contribution in [1.29, 1.82) is 0 Å². The minimum atomic E-state index is -0.215. The monoisotopic (exact) mass is 158 g/mol. The molecule has 0 N–H and O–H groups in total. The largest absolute Gasteiger partial charge is 0.460 e. The minimum absolute atomic E-state index is 0.0266. The summed E-state index contributed by atoms with van der Waals surface area (Å²) in [6.45, 7) is 4.16. The lowest BCUT2D eigenvalue weighted by atomic mass is 10.1. The Balaban J connectivity index is 2.35. The van der Waals surface area contributed by atoms with Crippen LogP contribution in [0.2, 0.25) is 0 Å². The molecule has 0 saturated carbocycles. The fourth-order valence-corrected chi connectivity index (χ4v) is 1.26. The van der Waals surface area contributed by atoms with Crippen molar-refractivity contribution in [3.63, 3.8) is 0 Å². The van der Waals surface area contributed by atoms with E-state index in [1.807, 2.05) is 6.92 Å². The SMILES string of the molecule is CC(=O)O[C@@H]1CCCO[C@H]1C. The summed E-state index contributed by atoms with van der Waals surface area (Å²) in [5.74, 6) is -0.215. The van der Waals surface area contributed by atoms with Crippen LogP contribution in [-0.4, -0.2) is 24.8 Å².